The molecule has 1 saturated carbocycles. The van der Waals surface area contributed by atoms with Gasteiger partial charge < -0.3 is 5.32 Å². The number of amides is 1. The SMILES string of the molecule is Cc1cc([C@@H](NC(=O)c2cc(CBr)cc(-c3ccc(F)cc3Cl)c2)C2CC2)ncc1F. The number of carbonyl (C=O) groups excluding carboxylic acids is 1. The number of rotatable bonds is 6. The van der Waals surface area contributed by atoms with Gasteiger partial charge in [0.15, 0.2) is 0 Å². The quantitative estimate of drug-likeness (QED) is 0.376. The molecule has 0 bridgehead atoms. The normalized spacial score (nSPS) is 14.4. The number of alkyl halides is 1. The first-order valence-corrected chi connectivity index (χ1v) is 11.4. The fourth-order valence-electron chi connectivity index (χ4n) is 3.60. The van der Waals surface area contributed by atoms with Crippen molar-refractivity contribution in [1.29, 1.82) is 0 Å². The van der Waals surface area contributed by atoms with Crippen LogP contribution in [0.4, 0.5) is 8.78 Å². The van der Waals surface area contributed by atoms with E-state index in [1.807, 2.05) is 6.07 Å². The number of nitrogens with zero attached hydrogens (tertiary/aromatic N) is 1. The van der Waals surface area contributed by atoms with E-state index in [4.69, 9.17) is 11.6 Å². The minimum absolute atomic E-state index is 0.247. The van der Waals surface area contributed by atoms with Crippen LogP contribution in [0.1, 0.15) is 46.1 Å². The van der Waals surface area contributed by atoms with Gasteiger partial charge in [0, 0.05) is 16.5 Å². The maximum Gasteiger partial charge on any atom is 0.251 e. The van der Waals surface area contributed by atoms with Gasteiger partial charge in [0.25, 0.3) is 5.91 Å². The standard InChI is InChI=1S/C24H20BrClF2N2O/c1-13-6-22(29-12-21(13)28)23(15-2-3-15)30-24(31)17-8-14(11-25)7-16(9-17)19-5-4-18(27)10-20(19)26/h4-10,12,15,23H,2-3,11H2,1H3,(H,30,31)/t23-/m0/s1. The van der Waals surface area contributed by atoms with Crippen molar-refractivity contribution in [2.24, 2.45) is 5.92 Å². The second-order valence-corrected chi connectivity index (χ2v) is 8.79. The first-order chi connectivity index (χ1) is 14.9. The molecule has 0 saturated heterocycles. The summed E-state index contributed by atoms with van der Waals surface area (Å²) in [6.45, 7) is 1.68. The highest BCUT2D eigenvalue weighted by Gasteiger charge is 2.35. The maximum atomic E-state index is 13.7. The Labute approximate surface area is 193 Å². The van der Waals surface area contributed by atoms with Gasteiger partial charge in [0.05, 0.1) is 23.0 Å². The molecule has 160 valence electrons. The van der Waals surface area contributed by atoms with Crippen LogP contribution in [0, 0.1) is 24.5 Å². The lowest BCUT2D eigenvalue weighted by molar-refractivity contribution is 0.0930. The van der Waals surface area contributed by atoms with Crippen molar-refractivity contribution >= 4 is 33.4 Å². The number of aryl methyl sites for hydroxylation is 1. The van der Waals surface area contributed by atoms with Gasteiger partial charge in [-0.2, -0.15) is 0 Å². The maximum absolute atomic E-state index is 13.7. The zero-order chi connectivity index (χ0) is 22.1. The van der Waals surface area contributed by atoms with Gasteiger partial charge in [-0.1, -0.05) is 33.6 Å². The lowest BCUT2D eigenvalue weighted by atomic mass is 9.99. The van der Waals surface area contributed by atoms with Crippen LogP contribution >= 0.6 is 27.5 Å². The van der Waals surface area contributed by atoms with Crippen molar-refractivity contribution in [2.45, 2.75) is 31.1 Å². The Morgan fingerprint density at radius 3 is 2.65 bits per heavy atom. The molecular weight excluding hydrogens is 486 g/mol. The molecule has 1 N–H and O–H groups in total. The molecule has 2 aromatic carbocycles. The average molecular weight is 506 g/mol. The Bertz CT molecular complexity index is 1150. The van der Waals surface area contributed by atoms with Crippen LogP contribution in [0.3, 0.4) is 0 Å². The number of hydrogen-bond donors (Lipinski definition) is 1. The van der Waals surface area contributed by atoms with E-state index in [1.165, 1.54) is 18.3 Å². The van der Waals surface area contributed by atoms with Crippen molar-refractivity contribution in [3.05, 3.63) is 87.7 Å². The Balaban J connectivity index is 1.66. The fourth-order valence-corrected chi connectivity index (χ4v) is 4.20. The summed E-state index contributed by atoms with van der Waals surface area (Å²) in [5.74, 6) is -0.747. The molecule has 1 fully saturated rings. The highest BCUT2D eigenvalue weighted by atomic mass is 79.9. The smallest absolute Gasteiger partial charge is 0.251 e. The van der Waals surface area contributed by atoms with E-state index in [2.05, 4.69) is 26.2 Å². The Morgan fingerprint density at radius 1 is 1.23 bits per heavy atom. The summed E-state index contributed by atoms with van der Waals surface area (Å²) in [6, 6.07) is 11.1. The Kier molecular flexibility index (Phi) is 6.39. The highest BCUT2D eigenvalue weighted by molar-refractivity contribution is 9.08. The number of nitrogens with one attached hydrogen (secondary N) is 1. The summed E-state index contributed by atoms with van der Waals surface area (Å²) >= 11 is 9.69. The van der Waals surface area contributed by atoms with Crippen molar-refractivity contribution in [2.75, 3.05) is 0 Å². The molecule has 31 heavy (non-hydrogen) atoms. The number of carbonyl (C=O) groups is 1. The average Bonchev–Trinajstić information content (AvgIpc) is 3.58. The molecule has 0 aliphatic heterocycles. The third-order valence-electron chi connectivity index (χ3n) is 5.42. The van der Waals surface area contributed by atoms with E-state index in [9.17, 15) is 13.6 Å². The van der Waals surface area contributed by atoms with E-state index in [-0.39, 0.29) is 28.7 Å². The summed E-state index contributed by atoms with van der Waals surface area (Å²) < 4.78 is 27.1. The van der Waals surface area contributed by atoms with Gasteiger partial charge in [-0.15, -0.1) is 0 Å². The summed E-state index contributed by atoms with van der Waals surface area (Å²) in [6.07, 6.45) is 3.17. The van der Waals surface area contributed by atoms with Crippen LogP contribution in [0.5, 0.6) is 0 Å². The number of aromatic nitrogens is 1. The van der Waals surface area contributed by atoms with Gasteiger partial charge in [-0.3, -0.25) is 9.78 Å². The zero-order valence-electron chi connectivity index (χ0n) is 16.8. The van der Waals surface area contributed by atoms with Gasteiger partial charge in [-0.05, 0) is 78.8 Å². The van der Waals surface area contributed by atoms with E-state index in [1.54, 1.807) is 31.2 Å². The molecule has 0 unspecified atom stereocenters. The van der Waals surface area contributed by atoms with Crippen LogP contribution < -0.4 is 5.32 Å². The molecule has 3 nitrogen and oxygen atoms in total. The second kappa shape index (κ2) is 9.05. The number of halogens is 4. The van der Waals surface area contributed by atoms with Crippen LogP contribution in [-0.4, -0.2) is 10.9 Å². The Hall–Kier alpha value is -2.31. The second-order valence-electron chi connectivity index (χ2n) is 7.82. The number of pyridine rings is 1. The van der Waals surface area contributed by atoms with Gasteiger partial charge >= 0.3 is 0 Å². The molecule has 1 aromatic heterocycles. The zero-order valence-corrected chi connectivity index (χ0v) is 19.1. The van der Waals surface area contributed by atoms with Crippen molar-refractivity contribution in [3.63, 3.8) is 0 Å². The van der Waals surface area contributed by atoms with E-state index in [0.717, 1.165) is 24.0 Å². The van der Waals surface area contributed by atoms with Crippen LogP contribution in [-0.2, 0) is 5.33 Å². The van der Waals surface area contributed by atoms with Crippen molar-refractivity contribution < 1.29 is 13.6 Å². The largest absolute Gasteiger partial charge is 0.343 e. The van der Waals surface area contributed by atoms with E-state index >= 15 is 0 Å². The summed E-state index contributed by atoms with van der Waals surface area (Å²) in [5.41, 5.74) is 3.89. The van der Waals surface area contributed by atoms with Crippen LogP contribution in [0.15, 0.2) is 48.7 Å². The number of benzene rings is 2. The minimum Gasteiger partial charge on any atom is -0.343 e. The van der Waals surface area contributed by atoms with Crippen LogP contribution in [0.25, 0.3) is 11.1 Å². The minimum atomic E-state index is -0.419. The topological polar surface area (TPSA) is 42.0 Å². The molecule has 7 heteroatoms. The van der Waals surface area contributed by atoms with Crippen molar-refractivity contribution in [1.82, 2.24) is 10.3 Å². The van der Waals surface area contributed by atoms with Gasteiger partial charge in [0.2, 0.25) is 0 Å². The highest BCUT2D eigenvalue weighted by Crippen LogP contribution is 2.41. The van der Waals surface area contributed by atoms with Crippen molar-refractivity contribution in [3.8, 4) is 11.1 Å². The van der Waals surface area contributed by atoms with Gasteiger partial charge in [-0.25, -0.2) is 8.78 Å². The molecule has 1 aliphatic carbocycles. The predicted octanol–water partition coefficient (Wildman–Crippen LogP) is 6.76. The third kappa shape index (κ3) is 4.96. The summed E-state index contributed by atoms with van der Waals surface area (Å²) in [5, 5.41) is 3.90. The van der Waals surface area contributed by atoms with Crippen LogP contribution in [0.2, 0.25) is 5.02 Å². The molecule has 1 aliphatic rings. The molecule has 0 spiro atoms. The summed E-state index contributed by atoms with van der Waals surface area (Å²) in [4.78, 5) is 17.4. The Morgan fingerprint density at radius 2 is 2.00 bits per heavy atom. The molecule has 3 aromatic rings. The lowest BCUT2D eigenvalue weighted by Gasteiger charge is -2.19. The first-order valence-electron chi connectivity index (χ1n) is 9.94. The molecule has 4 rings (SSSR count). The van der Waals surface area contributed by atoms with E-state index in [0.29, 0.717) is 27.7 Å². The predicted molar refractivity (Wildman–Crippen MR) is 121 cm³/mol. The third-order valence-corrected chi connectivity index (χ3v) is 6.38. The number of hydrogen-bond acceptors (Lipinski definition) is 2. The molecular formula is C24H20BrClF2N2O. The fraction of sp³-hybridized carbons (Fsp3) is 0.250. The first kappa shape index (κ1) is 21.9. The van der Waals surface area contributed by atoms with E-state index < -0.39 is 5.82 Å². The lowest BCUT2D eigenvalue weighted by Crippen LogP contribution is -2.30. The van der Waals surface area contributed by atoms with Gasteiger partial charge in [0.1, 0.15) is 11.6 Å². The molecule has 1 heterocycles. The molecule has 0 radical (unpaired) electrons. The summed E-state index contributed by atoms with van der Waals surface area (Å²) in [7, 11) is 0. The monoisotopic (exact) mass is 504 g/mol. The molecule has 1 atom stereocenters. The molecule has 1 amide bonds.